The minimum Gasteiger partial charge on any atom is -0.508 e. The van der Waals surface area contributed by atoms with Crippen molar-refractivity contribution in [3.63, 3.8) is 0 Å². The Labute approximate surface area is 232 Å². The number of amides is 4. The van der Waals surface area contributed by atoms with Gasteiger partial charge in [0.25, 0.3) is 11.8 Å². The van der Waals surface area contributed by atoms with Gasteiger partial charge in [-0.15, -0.1) is 0 Å². The Morgan fingerprint density at radius 1 is 0.950 bits per heavy atom. The number of aromatic hydroxyl groups is 1. The third kappa shape index (κ3) is 4.66. The van der Waals surface area contributed by atoms with Crippen LogP contribution in [0.25, 0.3) is 6.08 Å². The van der Waals surface area contributed by atoms with Crippen molar-refractivity contribution in [1.82, 2.24) is 14.9 Å². The first-order valence-corrected chi connectivity index (χ1v) is 14.4. The number of piperidine rings is 1. The van der Waals surface area contributed by atoms with Crippen LogP contribution in [0.5, 0.6) is 5.75 Å². The van der Waals surface area contributed by atoms with Crippen molar-refractivity contribution in [3.8, 4) is 5.75 Å². The molecule has 0 bridgehead atoms. The van der Waals surface area contributed by atoms with Crippen LogP contribution in [0.2, 0.25) is 0 Å². The molecule has 5 rings (SSSR count). The number of phenols is 1. The van der Waals surface area contributed by atoms with E-state index in [1.807, 2.05) is 13.8 Å². The lowest BCUT2D eigenvalue weighted by Crippen LogP contribution is -2.50. The van der Waals surface area contributed by atoms with Crippen molar-refractivity contribution in [2.75, 3.05) is 18.0 Å². The standard InChI is InChI=1S/C28H31N5O6S/c1-17-15-20(33-26(37)30-24(35)27(33,3)4)16-18(2)22(17)9-14-40(38,39)32-12-10-28(11-13-32)25(36)29-23(31-28)19-5-7-21(34)8-6-19/h5-9,14-16,34H,10-13H2,1-4H3,(H,29,31,36)(H,30,35,37)/b14-9+. The second-order valence-electron chi connectivity index (χ2n) is 10.9. The molecule has 2 aromatic carbocycles. The molecular formula is C28H31N5O6S. The Balaban J connectivity index is 1.31. The molecule has 3 heterocycles. The summed E-state index contributed by atoms with van der Waals surface area (Å²) in [5.74, 6) is -0.125. The van der Waals surface area contributed by atoms with Gasteiger partial charge >= 0.3 is 6.03 Å². The zero-order valence-electron chi connectivity index (χ0n) is 22.7. The van der Waals surface area contributed by atoms with Crippen LogP contribution in [-0.2, 0) is 19.6 Å². The molecule has 11 nitrogen and oxygen atoms in total. The third-order valence-corrected chi connectivity index (χ3v) is 9.38. The zero-order valence-corrected chi connectivity index (χ0v) is 23.5. The van der Waals surface area contributed by atoms with Crippen molar-refractivity contribution in [2.24, 2.45) is 4.99 Å². The second-order valence-corrected chi connectivity index (χ2v) is 12.7. The van der Waals surface area contributed by atoms with Gasteiger partial charge < -0.3 is 10.4 Å². The van der Waals surface area contributed by atoms with Gasteiger partial charge in [-0.25, -0.2) is 13.2 Å². The predicted octanol–water partition coefficient (Wildman–Crippen LogP) is 2.56. The third-order valence-electron chi connectivity index (χ3n) is 7.81. The van der Waals surface area contributed by atoms with Gasteiger partial charge in [-0.2, -0.15) is 4.31 Å². The average Bonchev–Trinajstić information content (AvgIpc) is 3.29. The van der Waals surface area contributed by atoms with Crippen molar-refractivity contribution >= 4 is 45.5 Å². The number of phenolic OH excluding ortho intramolecular Hbond substituents is 1. The number of hydrogen-bond donors (Lipinski definition) is 3. The fraction of sp³-hybridized carbons (Fsp3) is 0.357. The summed E-state index contributed by atoms with van der Waals surface area (Å²) in [6, 6.07) is 9.36. The molecule has 0 radical (unpaired) electrons. The Hall–Kier alpha value is -4.03. The molecule has 12 heteroatoms. The summed E-state index contributed by atoms with van der Waals surface area (Å²) in [5.41, 5.74) is 1.34. The molecule has 2 aromatic rings. The van der Waals surface area contributed by atoms with E-state index in [2.05, 4.69) is 15.6 Å². The van der Waals surface area contributed by atoms with Gasteiger partial charge in [0, 0.05) is 29.7 Å². The monoisotopic (exact) mass is 565 g/mol. The van der Waals surface area contributed by atoms with Crippen molar-refractivity contribution in [3.05, 3.63) is 64.1 Å². The highest BCUT2D eigenvalue weighted by atomic mass is 32.2. The molecule has 4 amide bonds. The van der Waals surface area contributed by atoms with E-state index < -0.39 is 27.1 Å². The number of amidine groups is 1. The number of benzene rings is 2. The number of hydrogen-bond acceptors (Lipinski definition) is 7. The minimum atomic E-state index is -3.78. The maximum absolute atomic E-state index is 13.2. The Kier molecular flexibility index (Phi) is 6.58. The van der Waals surface area contributed by atoms with E-state index in [-0.39, 0.29) is 43.5 Å². The van der Waals surface area contributed by atoms with Gasteiger partial charge in [0.15, 0.2) is 0 Å². The van der Waals surface area contributed by atoms with Gasteiger partial charge in [0.1, 0.15) is 22.7 Å². The lowest BCUT2D eigenvalue weighted by atomic mass is 9.89. The van der Waals surface area contributed by atoms with E-state index in [0.717, 1.165) is 16.5 Å². The molecule has 3 N–H and O–H groups in total. The summed E-state index contributed by atoms with van der Waals surface area (Å²) in [4.78, 5) is 43.5. The normalized spacial score (nSPS) is 20.8. The number of aliphatic imine (C=N–C) groups is 1. The minimum absolute atomic E-state index is 0.107. The van der Waals surface area contributed by atoms with Gasteiger partial charge in [0.05, 0.1) is 0 Å². The number of carbonyl (C=O) groups is 3. The fourth-order valence-electron chi connectivity index (χ4n) is 5.41. The molecule has 2 saturated heterocycles. The largest absolute Gasteiger partial charge is 0.508 e. The molecule has 0 atom stereocenters. The first kappa shape index (κ1) is 27.5. The number of nitrogens with one attached hydrogen (secondary N) is 2. The van der Waals surface area contributed by atoms with E-state index in [1.54, 1.807) is 38.1 Å². The summed E-state index contributed by atoms with van der Waals surface area (Å²) < 4.78 is 27.8. The maximum Gasteiger partial charge on any atom is 0.329 e. The molecule has 210 valence electrons. The smallest absolute Gasteiger partial charge is 0.329 e. The summed E-state index contributed by atoms with van der Waals surface area (Å²) in [6.45, 7) is 7.23. The number of carbonyl (C=O) groups excluding carboxylic acids is 3. The van der Waals surface area contributed by atoms with Crippen LogP contribution in [-0.4, -0.2) is 65.7 Å². The molecule has 40 heavy (non-hydrogen) atoms. The van der Waals surface area contributed by atoms with E-state index in [9.17, 15) is 27.9 Å². The summed E-state index contributed by atoms with van der Waals surface area (Å²) in [5, 5.41) is 15.8. The summed E-state index contributed by atoms with van der Waals surface area (Å²) in [6.07, 6.45) is 2.02. The number of nitrogens with zero attached hydrogens (tertiary/aromatic N) is 3. The van der Waals surface area contributed by atoms with Crippen LogP contribution >= 0.6 is 0 Å². The predicted molar refractivity (Wildman–Crippen MR) is 150 cm³/mol. The van der Waals surface area contributed by atoms with Crippen LogP contribution in [0, 0.1) is 13.8 Å². The lowest BCUT2D eigenvalue weighted by Gasteiger charge is -2.34. The van der Waals surface area contributed by atoms with Gasteiger partial charge in [-0.3, -0.25) is 24.8 Å². The summed E-state index contributed by atoms with van der Waals surface area (Å²) in [7, 11) is -3.78. The highest BCUT2D eigenvalue weighted by Crippen LogP contribution is 2.34. The van der Waals surface area contributed by atoms with E-state index >= 15 is 0 Å². The molecule has 3 aliphatic heterocycles. The van der Waals surface area contributed by atoms with E-state index in [0.29, 0.717) is 22.6 Å². The maximum atomic E-state index is 13.2. The quantitative estimate of drug-likeness (QED) is 0.475. The van der Waals surface area contributed by atoms with Gasteiger partial charge in [0.2, 0.25) is 10.0 Å². The first-order valence-electron chi connectivity index (χ1n) is 12.9. The Morgan fingerprint density at radius 3 is 2.10 bits per heavy atom. The molecule has 2 fully saturated rings. The molecule has 3 aliphatic rings. The number of sulfonamides is 1. The highest BCUT2D eigenvalue weighted by Gasteiger charge is 2.48. The van der Waals surface area contributed by atoms with Gasteiger partial charge in [-0.05, 0) is 99.7 Å². The number of aryl methyl sites for hydroxylation is 2. The van der Waals surface area contributed by atoms with Crippen LogP contribution in [0.15, 0.2) is 46.8 Å². The van der Waals surface area contributed by atoms with Crippen molar-refractivity contribution in [2.45, 2.75) is 51.6 Å². The van der Waals surface area contributed by atoms with Crippen molar-refractivity contribution in [1.29, 1.82) is 0 Å². The highest BCUT2D eigenvalue weighted by molar-refractivity contribution is 7.92. The SMILES string of the molecule is Cc1cc(N2C(=O)NC(=O)C2(C)C)cc(C)c1/C=C/S(=O)(=O)N1CCC2(CC1)N=C(c1ccc(O)cc1)NC2=O. The average molecular weight is 566 g/mol. The lowest BCUT2D eigenvalue weighted by molar-refractivity contribution is -0.125. The van der Waals surface area contributed by atoms with Crippen LogP contribution in [0.4, 0.5) is 10.5 Å². The molecule has 0 saturated carbocycles. The van der Waals surface area contributed by atoms with E-state index in [1.165, 1.54) is 27.4 Å². The number of imide groups is 1. The topological polar surface area (TPSA) is 148 Å². The molecular weight excluding hydrogens is 534 g/mol. The molecule has 0 unspecified atom stereocenters. The van der Waals surface area contributed by atoms with Gasteiger partial charge in [-0.1, -0.05) is 0 Å². The molecule has 0 aromatic heterocycles. The van der Waals surface area contributed by atoms with Crippen LogP contribution in [0.1, 0.15) is 48.9 Å². The van der Waals surface area contributed by atoms with Crippen LogP contribution in [0.3, 0.4) is 0 Å². The van der Waals surface area contributed by atoms with Crippen LogP contribution < -0.4 is 15.5 Å². The first-order chi connectivity index (χ1) is 18.7. The number of anilines is 1. The molecule has 0 aliphatic carbocycles. The Morgan fingerprint density at radius 2 is 1.55 bits per heavy atom. The number of urea groups is 1. The fourth-order valence-corrected chi connectivity index (χ4v) is 6.58. The molecule has 1 spiro atoms. The zero-order chi connectivity index (χ0) is 29.0. The number of rotatable bonds is 5. The second kappa shape index (κ2) is 9.56. The van der Waals surface area contributed by atoms with E-state index in [4.69, 9.17) is 0 Å². The Bertz CT molecular complexity index is 1560. The summed E-state index contributed by atoms with van der Waals surface area (Å²) >= 11 is 0. The van der Waals surface area contributed by atoms with Crippen molar-refractivity contribution < 1.29 is 27.9 Å².